The third kappa shape index (κ3) is 4.83. The smallest absolute Gasteiger partial charge is 0.236 e. The molecule has 0 atom stereocenters. The highest BCUT2D eigenvalue weighted by atomic mass is 32.2. The molecule has 2 heterocycles. The summed E-state index contributed by atoms with van der Waals surface area (Å²) in [6.07, 6.45) is 0. The number of aromatic nitrogens is 4. The fraction of sp³-hybridized carbons (Fsp3) is 0.294. The number of rotatable bonds is 7. The zero-order valence-corrected chi connectivity index (χ0v) is 16.4. The van der Waals surface area contributed by atoms with Crippen molar-refractivity contribution in [1.29, 1.82) is 0 Å². The van der Waals surface area contributed by atoms with Crippen LogP contribution in [0.3, 0.4) is 0 Å². The van der Waals surface area contributed by atoms with E-state index in [1.165, 1.54) is 23.1 Å². The molecule has 9 heteroatoms. The number of aryl methyl sites for hydroxylation is 2. The first kappa shape index (κ1) is 18.4. The second kappa shape index (κ2) is 8.33. The van der Waals surface area contributed by atoms with Gasteiger partial charge in [0, 0.05) is 12.4 Å². The summed E-state index contributed by atoms with van der Waals surface area (Å²) in [5.74, 6) is 1.61. The van der Waals surface area contributed by atoms with E-state index in [2.05, 4.69) is 20.5 Å². The van der Waals surface area contributed by atoms with E-state index in [1.54, 1.807) is 0 Å². The van der Waals surface area contributed by atoms with Crippen LogP contribution in [-0.2, 0) is 18.4 Å². The highest BCUT2D eigenvalue weighted by Crippen LogP contribution is 2.19. The third-order valence-corrected chi connectivity index (χ3v) is 5.38. The maximum absolute atomic E-state index is 12.0. The van der Waals surface area contributed by atoms with E-state index in [4.69, 9.17) is 4.74 Å². The summed E-state index contributed by atoms with van der Waals surface area (Å²) in [5, 5.41) is 14.2. The number of thioether (sulfide) groups is 1. The normalized spacial score (nSPS) is 10.7. The van der Waals surface area contributed by atoms with Crippen LogP contribution in [0.25, 0.3) is 0 Å². The zero-order chi connectivity index (χ0) is 18.5. The molecule has 0 spiro atoms. The molecule has 2 aromatic heterocycles. The van der Waals surface area contributed by atoms with Crippen molar-refractivity contribution >= 4 is 34.1 Å². The SMILES string of the molecule is Cc1cccc(OCc2nnc(SCC(=O)Nc3nc(C)cs3)n2C)c1. The Hall–Kier alpha value is -2.39. The lowest BCUT2D eigenvalue weighted by Crippen LogP contribution is -2.14. The number of ether oxygens (including phenoxy) is 1. The van der Waals surface area contributed by atoms with Crippen molar-refractivity contribution in [3.05, 3.63) is 46.7 Å². The highest BCUT2D eigenvalue weighted by molar-refractivity contribution is 7.99. The fourth-order valence-electron chi connectivity index (χ4n) is 2.15. The summed E-state index contributed by atoms with van der Waals surface area (Å²) in [6.45, 7) is 4.22. The van der Waals surface area contributed by atoms with Gasteiger partial charge in [-0.3, -0.25) is 4.79 Å². The van der Waals surface area contributed by atoms with Crippen molar-refractivity contribution < 1.29 is 9.53 Å². The van der Waals surface area contributed by atoms with Gasteiger partial charge < -0.3 is 14.6 Å². The van der Waals surface area contributed by atoms with Crippen LogP contribution in [0.5, 0.6) is 5.75 Å². The average Bonchev–Trinajstić information content (AvgIpc) is 3.17. The molecule has 3 rings (SSSR count). The van der Waals surface area contributed by atoms with Crippen LogP contribution in [0.15, 0.2) is 34.8 Å². The zero-order valence-electron chi connectivity index (χ0n) is 14.7. The number of amides is 1. The predicted octanol–water partition coefficient (Wildman–Crippen LogP) is 3.20. The monoisotopic (exact) mass is 389 g/mol. The van der Waals surface area contributed by atoms with Crippen LogP contribution >= 0.6 is 23.1 Å². The minimum Gasteiger partial charge on any atom is -0.486 e. The fourth-order valence-corrected chi connectivity index (χ4v) is 3.58. The Labute approximate surface area is 159 Å². The molecule has 0 radical (unpaired) electrons. The van der Waals surface area contributed by atoms with Crippen LogP contribution in [-0.4, -0.2) is 31.4 Å². The molecule has 1 aromatic carbocycles. The van der Waals surface area contributed by atoms with E-state index < -0.39 is 0 Å². The lowest BCUT2D eigenvalue weighted by Gasteiger charge is -2.07. The first-order valence-corrected chi connectivity index (χ1v) is 9.80. The van der Waals surface area contributed by atoms with Gasteiger partial charge in [-0.05, 0) is 31.5 Å². The standard InChI is InChI=1S/C17H19N5O2S2/c1-11-5-4-6-13(7-11)24-8-14-20-21-17(22(14)3)26-10-15(23)19-16-18-12(2)9-25-16/h4-7,9H,8,10H2,1-3H3,(H,18,19,23). The predicted molar refractivity (Wildman–Crippen MR) is 103 cm³/mol. The number of nitrogens with zero attached hydrogens (tertiary/aromatic N) is 4. The number of anilines is 1. The lowest BCUT2D eigenvalue weighted by atomic mass is 10.2. The second-order valence-electron chi connectivity index (χ2n) is 5.69. The first-order valence-electron chi connectivity index (χ1n) is 7.94. The summed E-state index contributed by atoms with van der Waals surface area (Å²) < 4.78 is 7.59. The summed E-state index contributed by atoms with van der Waals surface area (Å²) in [7, 11) is 1.86. The van der Waals surface area contributed by atoms with E-state index >= 15 is 0 Å². The summed E-state index contributed by atoms with van der Waals surface area (Å²) in [4.78, 5) is 16.2. The molecule has 0 aliphatic rings. The maximum Gasteiger partial charge on any atom is 0.236 e. The maximum atomic E-state index is 12.0. The van der Waals surface area contributed by atoms with E-state index in [1.807, 2.05) is 55.1 Å². The molecule has 7 nitrogen and oxygen atoms in total. The summed E-state index contributed by atoms with van der Waals surface area (Å²) >= 11 is 2.73. The molecule has 0 aliphatic carbocycles. The van der Waals surface area contributed by atoms with Crippen LogP contribution < -0.4 is 10.1 Å². The minimum absolute atomic E-state index is 0.120. The van der Waals surface area contributed by atoms with Gasteiger partial charge in [0.2, 0.25) is 5.91 Å². The molecule has 1 N–H and O–H groups in total. The molecule has 0 saturated carbocycles. The van der Waals surface area contributed by atoms with Gasteiger partial charge >= 0.3 is 0 Å². The Morgan fingerprint density at radius 2 is 2.19 bits per heavy atom. The Balaban J connectivity index is 1.52. The molecule has 0 aliphatic heterocycles. The first-order chi connectivity index (χ1) is 12.5. The topological polar surface area (TPSA) is 81.9 Å². The van der Waals surface area contributed by atoms with Crippen molar-refractivity contribution in [2.24, 2.45) is 7.05 Å². The average molecular weight is 390 g/mol. The van der Waals surface area contributed by atoms with Gasteiger partial charge in [0.1, 0.15) is 12.4 Å². The number of carbonyl (C=O) groups is 1. The van der Waals surface area contributed by atoms with Crippen molar-refractivity contribution in [1.82, 2.24) is 19.7 Å². The van der Waals surface area contributed by atoms with Crippen molar-refractivity contribution in [2.75, 3.05) is 11.1 Å². The molecule has 0 unspecified atom stereocenters. The molecule has 26 heavy (non-hydrogen) atoms. The van der Waals surface area contributed by atoms with Crippen molar-refractivity contribution in [2.45, 2.75) is 25.6 Å². The number of hydrogen-bond donors (Lipinski definition) is 1. The second-order valence-corrected chi connectivity index (χ2v) is 7.49. The Kier molecular flexibility index (Phi) is 5.89. The largest absolute Gasteiger partial charge is 0.486 e. The molecule has 1 amide bonds. The molecule has 3 aromatic rings. The van der Waals surface area contributed by atoms with Crippen molar-refractivity contribution in [3.63, 3.8) is 0 Å². The highest BCUT2D eigenvalue weighted by Gasteiger charge is 2.13. The van der Waals surface area contributed by atoms with Crippen molar-refractivity contribution in [3.8, 4) is 5.75 Å². The Bertz CT molecular complexity index is 906. The van der Waals surface area contributed by atoms with Gasteiger partial charge in [0.15, 0.2) is 16.1 Å². The van der Waals surface area contributed by atoms with Crippen LogP contribution in [0.2, 0.25) is 0 Å². The number of nitrogens with one attached hydrogen (secondary N) is 1. The van der Waals surface area contributed by atoms with E-state index in [0.29, 0.717) is 22.7 Å². The van der Waals surface area contributed by atoms with Gasteiger partial charge in [0.05, 0.1) is 11.4 Å². The number of thiazole rings is 1. The summed E-state index contributed by atoms with van der Waals surface area (Å²) in [6, 6.07) is 7.84. The molecular formula is C17H19N5O2S2. The number of hydrogen-bond acceptors (Lipinski definition) is 7. The van der Waals surface area contributed by atoms with E-state index in [-0.39, 0.29) is 11.7 Å². The number of carbonyl (C=O) groups excluding carboxylic acids is 1. The van der Waals surface area contributed by atoms with Gasteiger partial charge in [0.25, 0.3) is 0 Å². The van der Waals surface area contributed by atoms with Crippen LogP contribution in [0.1, 0.15) is 17.1 Å². The Morgan fingerprint density at radius 3 is 2.92 bits per heavy atom. The van der Waals surface area contributed by atoms with E-state index in [0.717, 1.165) is 17.0 Å². The quantitative estimate of drug-likeness (QED) is 0.625. The molecule has 0 bridgehead atoms. The molecule has 0 fully saturated rings. The lowest BCUT2D eigenvalue weighted by molar-refractivity contribution is -0.113. The van der Waals surface area contributed by atoms with Gasteiger partial charge in [-0.15, -0.1) is 21.5 Å². The Morgan fingerprint density at radius 1 is 1.35 bits per heavy atom. The van der Waals surface area contributed by atoms with Crippen LogP contribution in [0, 0.1) is 13.8 Å². The minimum atomic E-state index is -0.120. The molecule has 136 valence electrons. The number of benzene rings is 1. The van der Waals surface area contributed by atoms with Gasteiger partial charge in [-0.2, -0.15) is 0 Å². The van der Waals surface area contributed by atoms with Gasteiger partial charge in [-0.1, -0.05) is 23.9 Å². The molecule has 0 saturated heterocycles. The molecular weight excluding hydrogens is 370 g/mol. The van der Waals surface area contributed by atoms with Crippen LogP contribution in [0.4, 0.5) is 5.13 Å². The summed E-state index contributed by atoms with van der Waals surface area (Å²) in [5.41, 5.74) is 2.03. The third-order valence-electron chi connectivity index (χ3n) is 3.48. The van der Waals surface area contributed by atoms with E-state index in [9.17, 15) is 4.79 Å². The van der Waals surface area contributed by atoms with Gasteiger partial charge in [-0.25, -0.2) is 4.98 Å².